The van der Waals surface area contributed by atoms with Crippen molar-refractivity contribution >= 4 is 40.7 Å². The van der Waals surface area contributed by atoms with E-state index >= 15 is 0 Å². The Balaban J connectivity index is 1.46. The number of benzene rings is 4. The van der Waals surface area contributed by atoms with E-state index in [0.29, 0.717) is 6.61 Å². The van der Waals surface area contributed by atoms with Crippen LogP contribution in [-0.4, -0.2) is 47.0 Å². The van der Waals surface area contributed by atoms with Crippen molar-refractivity contribution in [2.75, 3.05) is 6.61 Å². The lowest BCUT2D eigenvalue weighted by molar-refractivity contribution is -0.313. The Morgan fingerprint density at radius 3 is 1.39 bits per heavy atom. The van der Waals surface area contributed by atoms with E-state index in [0.717, 1.165) is 22.3 Å². The lowest BCUT2D eigenvalue weighted by atomic mass is 9.97. The van der Waals surface area contributed by atoms with Gasteiger partial charge < -0.3 is 28.4 Å². The molecule has 1 fully saturated rings. The fraction of sp³-hybridized carbons (Fsp3) is 0.306. The minimum atomic E-state index is -2.12. The summed E-state index contributed by atoms with van der Waals surface area (Å²) in [4.78, 5) is 0. The molecule has 0 aromatic heterocycles. The lowest BCUT2D eigenvalue weighted by Crippen LogP contribution is -2.62. The molecule has 0 spiro atoms. The molecule has 46 heavy (non-hydrogen) atoms. The first kappa shape index (κ1) is 34.4. The molecular weight excluding hydrogens is 649 g/mol. The Labute approximate surface area is 284 Å². The highest BCUT2D eigenvalue weighted by Crippen LogP contribution is 2.34. The van der Waals surface area contributed by atoms with Crippen molar-refractivity contribution in [3.05, 3.63) is 144 Å². The number of ether oxygens (including phenoxy) is 6. The van der Waals surface area contributed by atoms with Crippen molar-refractivity contribution in [2.24, 2.45) is 0 Å². The molecule has 1 saturated heterocycles. The standard InChI is InChI=1S/C36H36Cl3NO6/c37-36(38,39)35(40)46-34-33(44-24-29-19-11-4-12-20-29)32(43-23-28-17-9-3-10-18-28)31(42-22-27-15-7-2-8-16-27)30(45-34)25-41-21-26-13-5-1-6-14-26/h1-20,30-34,40H,21-25H2/t30?,31-,32-,33+,34?/m1/s1. The van der Waals surface area contributed by atoms with Gasteiger partial charge in [0.15, 0.2) is 0 Å². The number of hydrogen-bond acceptors (Lipinski definition) is 7. The van der Waals surface area contributed by atoms with Gasteiger partial charge in [0, 0.05) is 0 Å². The summed E-state index contributed by atoms with van der Waals surface area (Å²) in [7, 11) is 0. The predicted octanol–water partition coefficient (Wildman–Crippen LogP) is 8.05. The third kappa shape index (κ3) is 10.3. The highest BCUT2D eigenvalue weighted by atomic mass is 35.6. The van der Waals surface area contributed by atoms with Crippen molar-refractivity contribution < 1.29 is 28.4 Å². The van der Waals surface area contributed by atoms with Gasteiger partial charge in [0.1, 0.15) is 24.4 Å². The molecule has 4 aromatic rings. The number of nitrogens with one attached hydrogen (secondary N) is 1. The highest BCUT2D eigenvalue weighted by molar-refractivity contribution is 6.76. The van der Waals surface area contributed by atoms with E-state index in [2.05, 4.69) is 0 Å². The molecule has 4 aromatic carbocycles. The van der Waals surface area contributed by atoms with Crippen LogP contribution in [0.15, 0.2) is 121 Å². The van der Waals surface area contributed by atoms with Gasteiger partial charge in [-0.25, -0.2) is 0 Å². The summed E-state index contributed by atoms with van der Waals surface area (Å²) in [5, 5.41) is 8.37. The van der Waals surface area contributed by atoms with Gasteiger partial charge in [0.2, 0.25) is 12.2 Å². The molecule has 7 nitrogen and oxygen atoms in total. The molecule has 0 amide bonds. The summed E-state index contributed by atoms with van der Waals surface area (Å²) in [6, 6.07) is 39.2. The van der Waals surface area contributed by atoms with Gasteiger partial charge in [-0.15, -0.1) is 0 Å². The molecule has 5 atom stereocenters. The van der Waals surface area contributed by atoms with E-state index in [1.54, 1.807) is 0 Å². The van der Waals surface area contributed by atoms with Crippen molar-refractivity contribution in [1.82, 2.24) is 0 Å². The number of alkyl halides is 3. The second-order valence-electron chi connectivity index (χ2n) is 10.8. The van der Waals surface area contributed by atoms with Crippen LogP contribution in [0.2, 0.25) is 0 Å². The fourth-order valence-corrected chi connectivity index (χ4v) is 5.16. The molecule has 1 aliphatic rings. The van der Waals surface area contributed by atoms with Crippen LogP contribution in [0.5, 0.6) is 0 Å². The first-order chi connectivity index (χ1) is 22.4. The van der Waals surface area contributed by atoms with E-state index in [-0.39, 0.29) is 26.4 Å². The minimum Gasteiger partial charge on any atom is -0.445 e. The van der Waals surface area contributed by atoms with E-state index in [4.69, 9.17) is 68.6 Å². The Hall–Kier alpha value is -2.98. The summed E-state index contributed by atoms with van der Waals surface area (Å²) in [5.74, 6) is -0.606. The number of halogens is 3. The van der Waals surface area contributed by atoms with E-state index in [1.807, 2.05) is 121 Å². The highest BCUT2D eigenvalue weighted by Gasteiger charge is 2.51. The molecule has 10 heteroatoms. The molecule has 0 aliphatic carbocycles. The zero-order valence-electron chi connectivity index (χ0n) is 25.1. The van der Waals surface area contributed by atoms with Gasteiger partial charge in [0.25, 0.3) is 3.79 Å². The Kier molecular flexibility index (Phi) is 12.9. The normalized spacial score (nSPS) is 21.5. The van der Waals surface area contributed by atoms with Crippen molar-refractivity contribution in [3.63, 3.8) is 0 Å². The molecule has 0 bridgehead atoms. The van der Waals surface area contributed by atoms with Crippen LogP contribution in [-0.2, 0) is 54.8 Å². The zero-order valence-corrected chi connectivity index (χ0v) is 27.3. The van der Waals surface area contributed by atoms with Crippen molar-refractivity contribution in [3.8, 4) is 0 Å². The first-order valence-electron chi connectivity index (χ1n) is 14.9. The average Bonchev–Trinajstić information content (AvgIpc) is 3.07. The van der Waals surface area contributed by atoms with Gasteiger partial charge in [-0.2, -0.15) is 0 Å². The molecule has 1 aliphatic heterocycles. The number of rotatable bonds is 14. The lowest BCUT2D eigenvalue weighted by Gasteiger charge is -2.46. The quantitative estimate of drug-likeness (QED) is 0.0823. The molecule has 0 saturated carbocycles. The molecule has 0 radical (unpaired) electrons. The summed E-state index contributed by atoms with van der Waals surface area (Å²) < 4.78 is 36.1. The zero-order chi connectivity index (χ0) is 32.2. The van der Waals surface area contributed by atoms with Gasteiger partial charge in [-0.1, -0.05) is 156 Å². The van der Waals surface area contributed by atoms with Crippen molar-refractivity contribution in [2.45, 2.75) is 60.9 Å². The first-order valence-corrected chi connectivity index (χ1v) is 16.1. The molecule has 1 N–H and O–H groups in total. The smallest absolute Gasteiger partial charge is 0.265 e. The average molecular weight is 685 g/mol. The summed E-state index contributed by atoms with van der Waals surface area (Å²) in [6.45, 7) is 1.24. The number of hydrogen-bond donors (Lipinski definition) is 1. The molecule has 5 rings (SSSR count). The van der Waals surface area contributed by atoms with Gasteiger partial charge in [-0.05, 0) is 22.3 Å². The predicted molar refractivity (Wildman–Crippen MR) is 179 cm³/mol. The third-order valence-electron chi connectivity index (χ3n) is 7.33. The van der Waals surface area contributed by atoms with E-state index in [9.17, 15) is 0 Å². The van der Waals surface area contributed by atoms with E-state index < -0.39 is 40.4 Å². The van der Waals surface area contributed by atoms with Crippen molar-refractivity contribution in [1.29, 1.82) is 5.41 Å². The maximum absolute atomic E-state index is 8.37. The maximum Gasteiger partial charge on any atom is 0.265 e. The second kappa shape index (κ2) is 17.3. The van der Waals surface area contributed by atoms with Gasteiger partial charge in [-0.3, -0.25) is 5.41 Å². The molecule has 2 unspecified atom stereocenters. The van der Waals surface area contributed by atoms with Crippen LogP contribution in [0.1, 0.15) is 22.3 Å². The van der Waals surface area contributed by atoms with Crippen LogP contribution >= 0.6 is 34.8 Å². The Bertz CT molecular complexity index is 1460. The SMILES string of the molecule is N=C(OC1OC(COCc2ccccc2)[C@@H](OCc2ccccc2)[C@@H](OCc2ccccc2)[C@@H]1OCc1ccccc1)C(Cl)(Cl)Cl. The molecule has 242 valence electrons. The topological polar surface area (TPSA) is 79.2 Å². The Morgan fingerprint density at radius 1 is 0.565 bits per heavy atom. The maximum atomic E-state index is 8.37. The van der Waals surface area contributed by atoms with Crippen LogP contribution in [0.25, 0.3) is 0 Å². The van der Waals surface area contributed by atoms with Crippen LogP contribution in [0.3, 0.4) is 0 Å². The largest absolute Gasteiger partial charge is 0.445 e. The van der Waals surface area contributed by atoms with Crippen LogP contribution in [0.4, 0.5) is 0 Å². The van der Waals surface area contributed by atoms with Crippen LogP contribution < -0.4 is 0 Å². The molecule has 1 heterocycles. The second-order valence-corrected chi connectivity index (χ2v) is 13.1. The fourth-order valence-electron chi connectivity index (χ4n) is 5.02. The molecular formula is C36H36Cl3NO6. The van der Waals surface area contributed by atoms with Crippen LogP contribution in [0, 0.1) is 5.41 Å². The van der Waals surface area contributed by atoms with E-state index in [1.165, 1.54) is 0 Å². The Morgan fingerprint density at radius 2 is 0.957 bits per heavy atom. The summed E-state index contributed by atoms with van der Waals surface area (Å²) >= 11 is 18.1. The summed E-state index contributed by atoms with van der Waals surface area (Å²) in [6.07, 6.45) is -4.17. The third-order valence-corrected chi connectivity index (χ3v) is 7.85. The van der Waals surface area contributed by atoms with Gasteiger partial charge in [0.05, 0.1) is 33.0 Å². The summed E-state index contributed by atoms with van der Waals surface area (Å²) in [5.41, 5.74) is 3.87. The van der Waals surface area contributed by atoms with Gasteiger partial charge >= 0.3 is 0 Å². The minimum absolute atomic E-state index is 0.131. The monoisotopic (exact) mass is 683 g/mol.